The number of nitrogens with zero attached hydrogens (tertiary/aromatic N) is 2. The van der Waals surface area contributed by atoms with Crippen molar-refractivity contribution in [1.82, 2.24) is 10.1 Å². The summed E-state index contributed by atoms with van der Waals surface area (Å²) in [6.45, 7) is 6.10. The van der Waals surface area contributed by atoms with Gasteiger partial charge in [-0.3, -0.25) is 0 Å². The first-order valence-electron chi connectivity index (χ1n) is 6.10. The fourth-order valence-electron chi connectivity index (χ4n) is 1.65. The van der Waals surface area contributed by atoms with Crippen LogP contribution in [-0.4, -0.2) is 10.1 Å². The van der Waals surface area contributed by atoms with Gasteiger partial charge in [-0.2, -0.15) is 4.98 Å². The van der Waals surface area contributed by atoms with E-state index in [0.717, 1.165) is 0 Å². The molecule has 0 fully saturated rings. The third-order valence-electron chi connectivity index (χ3n) is 2.71. The van der Waals surface area contributed by atoms with Crippen molar-refractivity contribution in [3.63, 3.8) is 0 Å². The lowest BCUT2D eigenvalue weighted by molar-refractivity contribution is 0.317. The Labute approximate surface area is 107 Å². The van der Waals surface area contributed by atoms with E-state index < -0.39 is 0 Å². The van der Waals surface area contributed by atoms with E-state index in [1.807, 2.05) is 51.1 Å². The van der Waals surface area contributed by atoms with Crippen LogP contribution in [0.25, 0.3) is 0 Å². The van der Waals surface area contributed by atoms with Crippen molar-refractivity contribution in [3.05, 3.63) is 47.6 Å². The van der Waals surface area contributed by atoms with Gasteiger partial charge >= 0.3 is 0 Å². The second-order valence-corrected chi connectivity index (χ2v) is 5.50. The van der Waals surface area contributed by atoms with E-state index in [4.69, 9.17) is 10.3 Å². The maximum atomic E-state index is 6.10. The molecule has 18 heavy (non-hydrogen) atoms. The Morgan fingerprint density at radius 2 is 1.89 bits per heavy atom. The first kappa shape index (κ1) is 12.8. The molecule has 0 aliphatic carbocycles. The minimum absolute atomic E-state index is 0.141. The van der Waals surface area contributed by atoms with Crippen molar-refractivity contribution >= 4 is 0 Å². The van der Waals surface area contributed by atoms with E-state index in [-0.39, 0.29) is 11.5 Å². The summed E-state index contributed by atoms with van der Waals surface area (Å²) in [7, 11) is 0. The first-order chi connectivity index (χ1) is 8.47. The highest BCUT2D eigenvalue weighted by molar-refractivity contribution is 5.17. The van der Waals surface area contributed by atoms with Crippen LogP contribution in [0.15, 0.2) is 34.9 Å². The number of hydrogen-bond donors (Lipinski definition) is 1. The third-order valence-corrected chi connectivity index (χ3v) is 2.71. The molecule has 1 unspecified atom stereocenters. The van der Waals surface area contributed by atoms with Crippen molar-refractivity contribution in [3.8, 4) is 0 Å². The summed E-state index contributed by atoms with van der Waals surface area (Å²) in [5.74, 6) is 1.20. The molecule has 1 atom stereocenters. The lowest BCUT2D eigenvalue weighted by atomic mass is 9.97. The van der Waals surface area contributed by atoms with Gasteiger partial charge < -0.3 is 10.3 Å². The Hall–Kier alpha value is -1.68. The van der Waals surface area contributed by atoms with E-state index in [2.05, 4.69) is 10.1 Å². The van der Waals surface area contributed by atoms with Gasteiger partial charge in [-0.15, -0.1) is 0 Å². The number of rotatable bonds is 3. The Balaban J connectivity index is 2.10. The molecule has 1 aromatic heterocycles. The number of hydrogen-bond acceptors (Lipinski definition) is 4. The summed E-state index contributed by atoms with van der Waals surface area (Å²) in [5, 5.41) is 3.97. The zero-order valence-corrected chi connectivity index (χ0v) is 11.1. The topological polar surface area (TPSA) is 64.9 Å². The molecule has 2 N–H and O–H groups in total. The van der Waals surface area contributed by atoms with Gasteiger partial charge in [-0.1, -0.05) is 56.3 Å². The normalized spacial score (nSPS) is 13.6. The average Bonchev–Trinajstić information content (AvgIpc) is 2.79. The average molecular weight is 245 g/mol. The van der Waals surface area contributed by atoms with Crippen molar-refractivity contribution in [2.45, 2.75) is 38.6 Å². The van der Waals surface area contributed by atoms with Crippen LogP contribution in [0.2, 0.25) is 0 Å². The summed E-state index contributed by atoms with van der Waals surface area (Å²) in [6, 6.07) is 9.85. The highest BCUT2D eigenvalue weighted by Gasteiger charge is 2.23. The Morgan fingerprint density at radius 1 is 1.22 bits per heavy atom. The third kappa shape index (κ3) is 2.96. The molecular weight excluding hydrogens is 226 g/mol. The molecule has 0 spiro atoms. The zero-order valence-electron chi connectivity index (χ0n) is 11.1. The molecule has 1 aromatic carbocycles. The maximum absolute atomic E-state index is 6.10. The molecule has 2 rings (SSSR count). The predicted molar refractivity (Wildman–Crippen MR) is 70.1 cm³/mol. The van der Waals surface area contributed by atoms with Gasteiger partial charge in [0.1, 0.15) is 0 Å². The second-order valence-electron chi connectivity index (χ2n) is 5.50. The van der Waals surface area contributed by atoms with Crippen LogP contribution in [0.5, 0.6) is 0 Å². The number of benzene rings is 1. The largest absolute Gasteiger partial charge is 0.339 e. The molecule has 0 aliphatic rings. The molecule has 4 nitrogen and oxygen atoms in total. The van der Waals surface area contributed by atoms with Crippen LogP contribution in [0.4, 0.5) is 0 Å². The van der Waals surface area contributed by atoms with Crippen molar-refractivity contribution in [1.29, 1.82) is 0 Å². The van der Waals surface area contributed by atoms with E-state index in [1.165, 1.54) is 5.56 Å². The van der Waals surface area contributed by atoms with Crippen LogP contribution in [-0.2, 0) is 11.8 Å². The van der Waals surface area contributed by atoms with Gasteiger partial charge in [-0.05, 0) is 12.0 Å². The van der Waals surface area contributed by atoms with Gasteiger partial charge in [0.2, 0.25) is 5.89 Å². The summed E-state index contributed by atoms with van der Waals surface area (Å²) in [4.78, 5) is 4.37. The molecular formula is C14H19N3O. The summed E-state index contributed by atoms with van der Waals surface area (Å²) >= 11 is 0. The minimum Gasteiger partial charge on any atom is -0.339 e. The van der Waals surface area contributed by atoms with Crippen LogP contribution in [0, 0.1) is 0 Å². The highest BCUT2D eigenvalue weighted by Crippen LogP contribution is 2.22. The van der Waals surface area contributed by atoms with Crippen LogP contribution in [0.3, 0.4) is 0 Å². The maximum Gasteiger partial charge on any atom is 0.232 e. The highest BCUT2D eigenvalue weighted by atomic mass is 16.5. The number of nitrogens with two attached hydrogens (primary N) is 1. The van der Waals surface area contributed by atoms with E-state index >= 15 is 0 Å². The fraction of sp³-hybridized carbons (Fsp3) is 0.429. The van der Waals surface area contributed by atoms with Crippen LogP contribution in [0.1, 0.15) is 44.1 Å². The smallest absolute Gasteiger partial charge is 0.232 e. The predicted octanol–water partition coefficient (Wildman–Crippen LogP) is 2.61. The minimum atomic E-state index is -0.229. The molecule has 0 saturated heterocycles. The Morgan fingerprint density at radius 3 is 2.44 bits per heavy atom. The van der Waals surface area contributed by atoms with E-state index in [0.29, 0.717) is 18.1 Å². The van der Waals surface area contributed by atoms with Crippen molar-refractivity contribution in [2.24, 2.45) is 5.73 Å². The monoisotopic (exact) mass is 245 g/mol. The molecule has 1 heterocycles. The lowest BCUT2D eigenvalue weighted by Gasteiger charge is -2.11. The molecule has 0 amide bonds. The molecule has 0 bridgehead atoms. The van der Waals surface area contributed by atoms with Gasteiger partial charge in [0.15, 0.2) is 5.82 Å². The summed E-state index contributed by atoms with van der Waals surface area (Å²) < 4.78 is 5.25. The zero-order chi connectivity index (χ0) is 13.2. The molecule has 0 saturated carbocycles. The quantitative estimate of drug-likeness (QED) is 0.902. The van der Waals surface area contributed by atoms with Gasteiger partial charge in [-0.25, -0.2) is 0 Å². The van der Waals surface area contributed by atoms with Crippen LogP contribution >= 0.6 is 0 Å². The Bertz CT molecular complexity index is 499. The second kappa shape index (κ2) is 4.90. The molecule has 0 aliphatic heterocycles. The number of aromatic nitrogens is 2. The van der Waals surface area contributed by atoms with Crippen molar-refractivity contribution in [2.75, 3.05) is 0 Å². The molecule has 4 heteroatoms. The lowest BCUT2D eigenvalue weighted by Crippen LogP contribution is -2.16. The van der Waals surface area contributed by atoms with Gasteiger partial charge in [0.25, 0.3) is 0 Å². The molecule has 2 aromatic rings. The Kier molecular flexibility index (Phi) is 3.48. The van der Waals surface area contributed by atoms with Crippen molar-refractivity contribution < 1.29 is 4.52 Å². The standard InChI is InChI=1S/C14H19N3O/c1-14(2,3)13-16-12(17-18-13)11(15)9-10-7-5-4-6-8-10/h4-8,11H,9,15H2,1-3H3. The molecule has 96 valence electrons. The van der Waals surface area contributed by atoms with Crippen LogP contribution < -0.4 is 5.73 Å². The van der Waals surface area contributed by atoms with E-state index in [9.17, 15) is 0 Å². The molecule has 0 radical (unpaired) electrons. The van der Waals surface area contributed by atoms with Gasteiger partial charge in [0, 0.05) is 5.41 Å². The summed E-state index contributed by atoms with van der Waals surface area (Å²) in [5.41, 5.74) is 7.13. The first-order valence-corrected chi connectivity index (χ1v) is 6.10. The summed E-state index contributed by atoms with van der Waals surface area (Å²) in [6.07, 6.45) is 0.712. The SMILES string of the molecule is CC(C)(C)c1nc(C(N)Cc2ccccc2)no1. The van der Waals surface area contributed by atoms with Gasteiger partial charge in [0.05, 0.1) is 6.04 Å². The fourth-order valence-corrected chi connectivity index (χ4v) is 1.65. The van der Waals surface area contributed by atoms with E-state index in [1.54, 1.807) is 0 Å².